The predicted octanol–water partition coefficient (Wildman–Crippen LogP) is 3.14. The van der Waals surface area contributed by atoms with Gasteiger partial charge in [-0.05, 0) is 34.4 Å². The van der Waals surface area contributed by atoms with E-state index in [1.165, 1.54) is 6.20 Å². The van der Waals surface area contributed by atoms with Crippen LogP contribution in [0.25, 0.3) is 5.83 Å². The fourth-order valence-corrected chi connectivity index (χ4v) is 6.95. The Labute approximate surface area is 197 Å². The molecule has 4 atom stereocenters. The summed E-state index contributed by atoms with van der Waals surface area (Å²) in [5.41, 5.74) is 11.3. The number of ether oxygens (including phenoxy) is 1. The zero-order chi connectivity index (χ0) is 22.9. The first-order valence-corrected chi connectivity index (χ1v) is 12.4. The lowest BCUT2D eigenvalue weighted by molar-refractivity contribution is 0.205. The largest absolute Gasteiger partial charge is 0.389 e. The molecule has 170 valence electrons. The average Bonchev–Trinajstić information content (AvgIpc) is 3.53. The molecule has 33 heavy (non-hydrogen) atoms. The quantitative estimate of drug-likeness (QED) is 0.532. The van der Waals surface area contributed by atoms with Crippen molar-refractivity contribution >= 4 is 37.4 Å². The van der Waals surface area contributed by atoms with Crippen molar-refractivity contribution in [3.8, 4) is 6.07 Å². The predicted molar refractivity (Wildman–Crippen MR) is 131 cm³/mol. The van der Waals surface area contributed by atoms with E-state index in [2.05, 4.69) is 44.0 Å². The standard InChI is InChI=1S/C23H24FN6OPS/c1-10-2-3-30(7-10)23-28-5-12-13-8-31-9-14(13)16(20(32)18(12)29-23)19-17-11(4-25)22(26)33-21(17)15(24)6-27-19/h5-6,10,18-19,27H,2-3,7-9,26,32H2,1H3,(H,28,29). The Balaban J connectivity index is 1.49. The van der Waals surface area contributed by atoms with E-state index in [0.717, 1.165) is 64.4 Å². The molecular weight excluding hydrogens is 458 g/mol. The van der Waals surface area contributed by atoms with Gasteiger partial charge in [0.15, 0.2) is 11.8 Å². The van der Waals surface area contributed by atoms with Crippen LogP contribution in [-0.2, 0) is 4.74 Å². The summed E-state index contributed by atoms with van der Waals surface area (Å²) in [7, 11) is 2.88. The summed E-state index contributed by atoms with van der Waals surface area (Å²) in [6.45, 7) is 5.20. The topological polar surface area (TPSA) is 98.7 Å². The lowest BCUT2D eigenvalue weighted by Gasteiger charge is -2.36. The van der Waals surface area contributed by atoms with Crippen LogP contribution >= 0.6 is 20.6 Å². The number of rotatable bonds is 1. The molecule has 0 saturated carbocycles. The summed E-state index contributed by atoms with van der Waals surface area (Å²) in [6.07, 6.45) is 4.59. The summed E-state index contributed by atoms with van der Waals surface area (Å²) in [5.74, 6) is 1.13. The number of thiophene rings is 1. The number of nitrogens with one attached hydrogen (secondary N) is 2. The number of nitrogens with two attached hydrogens (primary N) is 1. The second-order valence-corrected chi connectivity index (χ2v) is 10.7. The lowest BCUT2D eigenvalue weighted by atomic mass is 9.79. The van der Waals surface area contributed by atoms with Gasteiger partial charge in [0.1, 0.15) is 17.1 Å². The first-order chi connectivity index (χ1) is 16.0. The Hall–Kier alpha value is -2.66. The van der Waals surface area contributed by atoms with E-state index in [9.17, 15) is 9.65 Å². The van der Waals surface area contributed by atoms with E-state index >= 15 is 0 Å². The van der Waals surface area contributed by atoms with E-state index in [1.54, 1.807) is 0 Å². The van der Waals surface area contributed by atoms with E-state index in [-0.39, 0.29) is 6.04 Å². The molecule has 0 spiro atoms. The van der Waals surface area contributed by atoms with E-state index in [1.807, 2.05) is 0 Å². The van der Waals surface area contributed by atoms with E-state index in [4.69, 9.17) is 15.5 Å². The number of hydrogen-bond acceptors (Lipinski definition) is 8. The van der Waals surface area contributed by atoms with Gasteiger partial charge in [-0.3, -0.25) is 0 Å². The third-order valence-corrected chi connectivity index (χ3v) is 8.69. The minimum Gasteiger partial charge on any atom is -0.389 e. The zero-order valence-corrected chi connectivity index (χ0v) is 20.1. The maximum Gasteiger partial charge on any atom is 0.198 e. The van der Waals surface area contributed by atoms with E-state index in [0.29, 0.717) is 40.1 Å². The summed E-state index contributed by atoms with van der Waals surface area (Å²) >= 11 is 1.12. The van der Waals surface area contributed by atoms with Crippen LogP contribution in [0.15, 0.2) is 45.0 Å². The number of aliphatic imine (C=N–C) groups is 1. The van der Waals surface area contributed by atoms with Crippen LogP contribution < -0.4 is 16.4 Å². The van der Waals surface area contributed by atoms with Crippen molar-refractivity contribution in [1.82, 2.24) is 15.5 Å². The first-order valence-electron chi connectivity index (χ1n) is 11.0. The molecule has 10 heteroatoms. The Bertz CT molecular complexity index is 1270. The van der Waals surface area contributed by atoms with Crippen molar-refractivity contribution in [1.29, 1.82) is 5.26 Å². The van der Waals surface area contributed by atoms with Gasteiger partial charge in [0.25, 0.3) is 0 Å². The van der Waals surface area contributed by atoms with Gasteiger partial charge in [-0.25, -0.2) is 9.38 Å². The maximum atomic E-state index is 14.7. The molecule has 0 bridgehead atoms. The van der Waals surface area contributed by atoms with Crippen LogP contribution in [0.4, 0.5) is 9.39 Å². The molecule has 1 aromatic heterocycles. The summed E-state index contributed by atoms with van der Waals surface area (Å²) in [6, 6.07) is 1.61. The number of nitrogens with zero attached hydrogens (tertiary/aromatic N) is 3. The van der Waals surface area contributed by atoms with Crippen molar-refractivity contribution in [2.45, 2.75) is 25.4 Å². The summed E-state index contributed by atoms with van der Waals surface area (Å²) < 4.78 is 20.5. The monoisotopic (exact) mass is 482 g/mol. The van der Waals surface area contributed by atoms with Gasteiger partial charge >= 0.3 is 0 Å². The molecule has 1 aromatic rings. The minimum atomic E-state index is -0.399. The normalized spacial score (nSPS) is 28.2. The molecule has 0 amide bonds. The van der Waals surface area contributed by atoms with Crippen molar-refractivity contribution < 1.29 is 9.13 Å². The smallest absolute Gasteiger partial charge is 0.198 e. The van der Waals surface area contributed by atoms with Gasteiger partial charge in [-0.2, -0.15) is 5.26 Å². The molecule has 4 N–H and O–H groups in total. The fourth-order valence-electron chi connectivity index (χ4n) is 5.39. The maximum absolute atomic E-state index is 14.7. The molecule has 1 saturated heterocycles. The van der Waals surface area contributed by atoms with E-state index < -0.39 is 11.9 Å². The third-order valence-electron chi connectivity index (χ3n) is 7.02. The van der Waals surface area contributed by atoms with Crippen molar-refractivity contribution in [2.75, 3.05) is 32.0 Å². The number of nitrogen functional groups attached to an aromatic ring is 1. The lowest BCUT2D eigenvalue weighted by Crippen LogP contribution is -2.42. The van der Waals surface area contributed by atoms with Gasteiger partial charge in [-0.1, -0.05) is 6.92 Å². The Morgan fingerprint density at radius 2 is 2.18 bits per heavy atom. The van der Waals surface area contributed by atoms with Crippen LogP contribution in [-0.4, -0.2) is 43.2 Å². The molecule has 4 unspecified atom stereocenters. The Morgan fingerprint density at radius 3 is 2.94 bits per heavy atom. The molecule has 5 aliphatic rings. The molecule has 5 heterocycles. The highest BCUT2D eigenvalue weighted by molar-refractivity contribution is 7.22. The van der Waals surface area contributed by atoms with Gasteiger partial charge in [-0.15, -0.1) is 20.6 Å². The molecule has 6 rings (SSSR count). The number of anilines is 1. The van der Waals surface area contributed by atoms with Crippen LogP contribution in [0.2, 0.25) is 0 Å². The van der Waals surface area contributed by atoms with Crippen LogP contribution in [0.1, 0.15) is 35.4 Å². The molecular formula is C23H24FN6OPS. The molecule has 1 aliphatic carbocycles. The molecule has 1 fully saturated rings. The number of guanidine groups is 1. The molecule has 7 nitrogen and oxygen atoms in total. The van der Waals surface area contributed by atoms with Crippen LogP contribution in [0.5, 0.6) is 0 Å². The minimum absolute atomic E-state index is 0.180. The summed E-state index contributed by atoms with van der Waals surface area (Å²) in [4.78, 5) is 7.83. The number of fused-ring (bicyclic) bond motifs is 3. The Kier molecular flexibility index (Phi) is 4.88. The first kappa shape index (κ1) is 20.9. The molecule has 4 aliphatic heterocycles. The molecule has 0 aromatic carbocycles. The highest BCUT2D eigenvalue weighted by atomic mass is 32.1. The Morgan fingerprint density at radius 1 is 1.36 bits per heavy atom. The number of halogens is 1. The number of hydrogen-bond donors (Lipinski definition) is 3. The molecule has 0 radical (unpaired) electrons. The van der Waals surface area contributed by atoms with Crippen LogP contribution in [0.3, 0.4) is 0 Å². The highest BCUT2D eigenvalue weighted by Gasteiger charge is 2.42. The summed E-state index contributed by atoms with van der Waals surface area (Å²) in [5, 5.41) is 17.7. The SMILES string of the molecule is CC1CCN(C2=NC3C(=CN2)C2=C(COC2)C(C2NC=C(F)c4sc(N)c(C#N)c42)=C3P)C1. The van der Waals surface area contributed by atoms with Crippen LogP contribution in [0, 0.1) is 17.2 Å². The van der Waals surface area contributed by atoms with Gasteiger partial charge in [0.05, 0.1) is 29.7 Å². The number of nitriles is 1. The average molecular weight is 483 g/mol. The highest BCUT2D eigenvalue weighted by Crippen LogP contribution is 2.51. The van der Waals surface area contributed by atoms with Gasteiger partial charge < -0.3 is 26.0 Å². The van der Waals surface area contributed by atoms with Gasteiger partial charge in [0, 0.05) is 36.6 Å². The van der Waals surface area contributed by atoms with Crippen molar-refractivity contribution in [3.05, 3.63) is 56.0 Å². The fraction of sp³-hybridized carbons (Fsp3) is 0.391. The van der Waals surface area contributed by atoms with Crippen molar-refractivity contribution in [2.24, 2.45) is 10.9 Å². The second kappa shape index (κ2) is 7.69. The number of likely N-dealkylation sites (tertiary alicyclic amines) is 1. The van der Waals surface area contributed by atoms with Crippen molar-refractivity contribution in [3.63, 3.8) is 0 Å². The second-order valence-electron chi connectivity index (χ2n) is 9.05. The third kappa shape index (κ3) is 3.08. The van der Waals surface area contributed by atoms with Gasteiger partial charge in [0.2, 0.25) is 0 Å². The zero-order valence-electron chi connectivity index (χ0n) is 18.1.